The standard InChI is InChI=1S/C13H10F2N2O4/c14-8-4-5-9(17(20)21)12(11(8)15)16-6-7-2-1-3-10(18)13(7)19/h1-5,16,18-19H,6H2. The van der Waals surface area contributed by atoms with E-state index in [1.165, 1.54) is 18.2 Å². The Bertz CT molecular complexity index is 707. The number of halogens is 2. The first-order chi connectivity index (χ1) is 9.91. The minimum absolute atomic E-state index is 0.174. The molecule has 0 atom stereocenters. The van der Waals surface area contributed by atoms with Crippen LogP contribution < -0.4 is 5.32 Å². The molecule has 8 heteroatoms. The molecule has 0 fully saturated rings. The highest BCUT2D eigenvalue weighted by atomic mass is 19.2. The van der Waals surface area contributed by atoms with Gasteiger partial charge in [-0.3, -0.25) is 10.1 Å². The molecule has 21 heavy (non-hydrogen) atoms. The third kappa shape index (κ3) is 2.83. The predicted molar refractivity (Wildman–Crippen MR) is 70.1 cm³/mol. The molecule has 0 radical (unpaired) electrons. The fraction of sp³-hybridized carbons (Fsp3) is 0.0769. The van der Waals surface area contributed by atoms with Crippen molar-refractivity contribution in [3.63, 3.8) is 0 Å². The number of anilines is 1. The largest absolute Gasteiger partial charge is 0.504 e. The second kappa shape index (κ2) is 5.61. The quantitative estimate of drug-likeness (QED) is 0.458. The van der Waals surface area contributed by atoms with E-state index in [0.717, 1.165) is 6.07 Å². The van der Waals surface area contributed by atoms with Crippen LogP contribution in [0.15, 0.2) is 30.3 Å². The Kier molecular flexibility index (Phi) is 3.88. The molecule has 0 aliphatic carbocycles. The highest BCUT2D eigenvalue weighted by Crippen LogP contribution is 2.32. The van der Waals surface area contributed by atoms with Gasteiger partial charge in [0.05, 0.1) is 4.92 Å². The number of phenols is 2. The van der Waals surface area contributed by atoms with Crippen LogP contribution in [0.25, 0.3) is 0 Å². The number of hydrogen-bond acceptors (Lipinski definition) is 5. The van der Waals surface area contributed by atoms with E-state index in [1.54, 1.807) is 0 Å². The van der Waals surface area contributed by atoms with Gasteiger partial charge in [-0.25, -0.2) is 8.78 Å². The average molecular weight is 296 g/mol. The van der Waals surface area contributed by atoms with E-state index in [9.17, 15) is 29.1 Å². The lowest BCUT2D eigenvalue weighted by molar-refractivity contribution is -0.384. The molecule has 2 rings (SSSR count). The summed E-state index contributed by atoms with van der Waals surface area (Å²) in [4.78, 5) is 9.95. The monoisotopic (exact) mass is 296 g/mol. The smallest absolute Gasteiger partial charge is 0.295 e. The maximum absolute atomic E-state index is 13.7. The molecule has 0 unspecified atom stereocenters. The number of nitro benzene ring substituents is 1. The van der Waals surface area contributed by atoms with Crippen molar-refractivity contribution in [1.82, 2.24) is 0 Å². The van der Waals surface area contributed by atoms with Gasteiger partial charge in [0.15, 0.2) is 28.8 Å². The maximum atomic E-state index is 13.7. The molecule has 6 nitrogen and oxygen atoms in total. The van der Waals surface area contributed by atoms with E-state index in [0.29, 0.717) is 6.07 Å². The van der Waals surface area contributed by atoms with Crippen LogP contribution in [0, 0.1) is 21.7 Å². The molecule has 3 N–H and O–H groups in total. The molecule has 0 spiro atoms. The van der Waals surface area contributed by atoms with Gasteiger partial charge in [0.25, 0.3) is 5.69 Å². The summed E-state index contributed by atoms with van der Waals surface area (Å²) in [5, 5.41) is 32.1. The predicted octanol–water partition coefficient (Wildman–Crippen LogP) is 2.90. The van der Waals surface area contributed by atoms with Crippen LogP contribution >= 0.6 is 0 Å². The van der Waals surface area contributed by atoms with Gasteiger partial charge in [0.1, 0.15) is 0 Å². The first-order valence-corrected chi connectivity index (χ1v) is 5.78. The van der Waals surface area contributed by atoms with E-state index in [1.807, 2.05) is 0 Å². The average Bonchev–Trinajstić information content (AvgIpc) is 2.44. The third-order valence-electron chi connectivity index (χ3n) is 2.82. The number of benzene rings is 2. The SMILES string of the molecule is O=[N+]([O-])c1ccc(F)c(F)c1NCc1cccc(O)c1O. The van der Waals surface area contributed by atoms with E-state index in [-0.39, 0.29) is 17.9 Å². The van der Waals surface area contributed by atoms with Crippen molar-refractivity contribution in [2.45, 2.75) is 6.54 Å². The highest BCUT2D eigenvalue weighted by Gasteiger charge is 2.21. The number of para-hydroxylation sites is 1. The van der Waals surface area contributed by atoms with E-state index in [2.05, 4.69) is 5.32 Å². The maximum Gasteiger partial charge on any atom is 0.295 e. The summed E-state index contributed by atoms with van der Waals surface area (Å²) in [5.41, 5.74) is -1.08. The van der Waals surface area contributed by atoms with Crippen molar-refractivity contribution >= 4 is 11.4 Å². The fourth-order valence-electron chi connectivity index (χ4n) is 1.76. The topological polar surface area (TPSA) is 95.6 Å². The zero-order valence-corrected chi connectivity index (χ0v) is 10.5. The fourth-order valence-corrected chi connectivity index (χ4v) is 1.76. The van der Waals surface area contributed by atoms with Gasteiger partial charge in [-0.05, 0) is 12.1 Å². The van der Waals surface area contributed by atoms with Crippen LogP contribution in [0.2, 0.25) is 0 Å². The number of aromatic hydroxyl groups is 2. The molecule has 0 bridgehead atoms. The number of nitrogens with one attached hydrogen (secondary N) is 1. The Morgan fingerprint density at radius 1 is 1.19 bits per heavy atom. The summed E-state index contributed by atoms with van der Waals surface area (Å²) in [7, 11) is 0. The van der Waals surface area contributed by atoms with Gasteiger partial charge in [-0.2, -0.15) is 0 Å². The molecule has 110 valence electrons. The zero-order valence-electron chi connectivity index (χ0n) is 10.5. The van der Waals surface area contributed by atoms with Crippen LogP contribution in [0.3, 0.4) is 0 Å². The van der Waals surface area contributed by atoms with Crippen molar-refractivity contribution in [2.75, 3.05) is 5.32 Å². The Morgan fingerprint density at radius 3 is 2.57 bits per heavy atom. The van der Waals surface area contributed by atoms with E-state index < -0.39 is 33.7 Å². The van der Waals surface area contributed by atoms with Gasteiger partial charge >= 0.3 is 0 Å². The summed E-state index contributed by atoms with van der Waals surface area (Å²) < 4.78 is 26.8. The summed E-state index contributed by atoms with van der Waals surface area (Å²) in [6.07, 6.45) is 0. The summed E-state index contributed by atoms with van der Waals surface area (Å²) in [5.74, 6) is -3.44. The Hall–Kier alpha value is -2.90. The molecule has 0 heterocycles. The number of phenolic OH excluding ortho intramolecular Hbond substituents is 2. The Morgan fingerprint density at radius 2 is 1.90 bits per heavy atom. The molecule has 0 aliphatic rings. The van der Waals surface area contributed by atoms with Crippen LogP contribution in [-0.2, 0) is 6.54 Å². The van der Waals surface area contributed by atoms with E-state index >= 15 is 0 Å². The lowest BCUT2D eigenvalue weighted by Crippen LogP contribution is -2.06. The molecule has 0 saturated heterocycles. The molecule has 0 amide bonds. The Labute approximate surface area is 117 Å². The second-order valence-electron chi connectivity index (χ2n) is 4.15. The van der Waals surface area contributed by atoms with Crippen LogP contribution in [-0.4, -0.2) is 15.1 Å². The normalized spacial score (nSPS) is 10.4. The van der Waals surface area contributed by atoms with Gasteiger partial charge in [0.2, 0.25) is 0 Å². The molecule has 2 aromatic rings. The lowest BCUT2D eigenvalue weighted by atomic mass is 10.1. The van der Waals surface area contributed by atoms with Gasteiger partial charge in [0, 0.05) is 18.2 Å². The molecule has 2 aromatic carbocycles. The molecule has 0 aromatic heterocycles. The molecule has 0 aliphatic heterocycles. The number of nitrogens with zero attached hydrogens (tertiary/aromatic N) is 1. The second-order valence-corrected chi connectivity index (χ2v) is 4.15. The summed E-state index contributed by atoms with van der Waals surface area (Å²) in [6, 6.07) is 5.59. The zero-order chi connectivity index (χ0) is 15.6. The minimum atomic E-state index is -1.39. The highest BCUT2D eigenvalue weighted by molar-refractivity contribution is 5.63. The summed E-state index contributed by atoms with van der Waals surface area (Å²) >= 11 is 0. The summed E-state index contributed by atoms with van der Waals surface area (Å²) in [6.45, 7) is -0.235. The van der Waals surface area contributed by atoms with Crippen molar-refractivity contribution in [1.29, 1.82) is 0 Å². The number of rotatable bonds is 4. The van der Waals surface area contributed by atoms with Crippen LogP contribution in [0.4, 0.5) is 20.2 Å². The molecule has 0 saturated carbocycles. The van der Waals surface area contributed by atoms with Gasteiger partial charge < -0.3 is 15.5 Å². The third-order valence-corrected chi connectivity index (χ3v) is 2.82. The van der Waals surface area contributed by atoms with Crippen molar-refractivity contribution in [2.24, 2.45) is 0 Å². The van der Waals surface area contributed by atoms with Crippen LogP contribution in [0.1, 0.15) is 5.56 Å². The van der Waals surface area contributed by atoms with Crippen molar-refractivity contribution in [3.05, 3.63) is 57.6 Å². The minimum Gasteiger partial charge on any atom is -0.504 e. The number of hydrogen-bond donors (Lipinski definition) is 3. The van der Waals surface area contributed by atoms with Crippen molar-refractivity contribution < 1.29 is 23.9 Å². The Balaban J connectivity index is 2.33. The first kappa shape index (κ1) is 14.5. The van der Waals surface area contributed by atoms with Gasteiger partial charge in [-0.15, -0.1) is 0 Å². The molecular formula is C13H10F2N2O4. The van der Waals surface area contributed by atoms with Crippen molar-refractivity contribution in [3.8, 4) is 11.5 Å². The first-order valence-electron chi connectivity index (χ1n) is 5.78. The van der Waals surface area contributed by atoms with Crippen LogP contribution in [0.5, 0.6) is 11.5 Å². The van der Waals surface area contributed by atoms with Gasteiger partial charge in [-0.1, -0.05) is 12.1 Å². The number of nitro groups is 1. The molecular weight excluding hydrogens is 286 g/mol. The lowest BCUT2D eigenvalue weighted by Gasteiger charge is -2.10. The van der Waals surface area contributed by atoms with E-state index in [4.69, 9.17) is 0 Å².